The van der Waals surface area contributed by atoms with Crippen LogP contribution in [-0.2, 0) is 19.1 Å². The van der Waals surface area contributed by atoms with Gasteiger partial charge in [-0.3, -0.25) is 9.59 Å². The maximum Gasteiger partial charge on any atom is 0.343 e. The third kappa shape index (κ3) is 5.66. The highest BCUT2D eigenvalue weighted by Crippen LogP contribution is 2.52. The number of carbonyl (C=O) groups excluding carboxylic acids is 3. The molecule has 170 valence electrons. The summed E-state index contributed by atoms with van der Waals surface area (Å²) >= 11 is 1.02. The van der Waals surface area contributed by atoms with Crippen molar-refractivity contribution in [1.29, 1.82) is 0 Å². The van der Waals surface area contributed by atoms with Crippen molar-refractivity contribution in [2.75, 3.05) is 31.2 Å². The average molecular weight is 451 g/mol. The van der Waals surface area contributed by atoms with Gasteiger partial charge in [0.1, 0.15) is 11.4 Å². The molecule has 2 fully saturated rings. The lowest BCUT2D eigenvalue weighted by Crippen LogP contribution is -2.40. The van der Waals surface area contributed by atoms with Crippen molar-refractivity contribution in [3.8, 4) is 0 Å². The molecule has 1 aromatic heterocycles. The predicted molar refractivity (Wildman–Crippen MR) is 115 cm³/mol. The predicted octanol–water partition coefficient (Wildman–Crippen LogP) is 2.30. The van der Waals surface area contributed by atoms with Gasteiger partial charge >= 0.3 is 11.9 Å². The maximum absolute atomic E-state index is 12.7. The molecule has 2 aliphatic rings. The number of aromatic nitrogens is 2. The summed E-state index contributed by atoms with van der Waals surface area (Å²) in [5, 5.41) is 0.234. The van der Waals surface area contributed by atoms with E-state index in [4.69, 9.17) is 15.2 Å². The Kier molecular flexibility index (Phi) is 6.78. The Hall–Kier alpha value is -2.36. The van der Waals surface area contributed by atoms with E-state index < -0.39 is 11.9 Å². The first kappa shape index (κ1) is 23.3. The van der Waals surface area contributed by atoms with Gasteiger partial charge in [-0.2, -0.15) is 0 Å². The molecule has 1 amide bonds. The second-order valence-corrected chi connectivity index (χ2v) is 10.3. The van der Waals surface area contributed by atoms with Crippen LogP contribution in [0.25, 0.3) is 0 Å². The van der Waals surface area contributed by atoms with E-state index >= 15 is 0 Å². The molecule has 0 radical (unpaired) electrons. The number of carbonyl (C=O) groups is 3. The first-order valence-electron chi connectivity index (χ1n) is 10.4. The number of likely N-dealkylation sites (tertiary alicyclic amines) is 1. The fourth-order valence-corrected chi connectivity index (χ4v) is 5.58. The zero-order valence-corrected chi connectivity index (χ0v) is 19.3. The molecule has 2 N–H and O–H groups in total. The van der Waals surface area contributed by atoms with Crippen LogP contribution in [0.5, 0.6) is 0 Å². The van der Waals surface area contributed by atoms with Gasteiger partial charge in [-0.05, 0) is 37.0 Å². The van der Waals surface area contributed by atoms with Crippen LogP contribution in [-0.4, -0.2) is 64.3 Å². The molecular weight excluding hydrogens is 420 g/mol. The number of hydrogen-bond acceptors (Lipinski definition) is 9. The third-order valence-electron chi connectivity index (χ3n) is 5.70. The first-order chi connectivity index (χ1) is 14.5. The van der Waals surface area contributed by atoms with Gasteiger partial charge < -0.3 is 20.1 Å². The summed E-state index contributed by atoms with van der Waals surface area (Å²) in [6, 6.07) is 0.212. The monoisotopic (exact) mass is 450 g/mol. The number of anilines is 1. The van der Waals surface area contributed by atoms with Crippen LogP contribution in [0, 0.1) is 10.8 Å². The van der Waals surface area contributed by atoms with Gasteiger partial charge in [0.15, 0.2) is 11.8 Å². The number of amides is 1. The fourth-order valence-electron chi connectivity index (χ4n) is 4.96. The maximum atomic E-state index is 12.7. The summed E-state index contributed by atoms with van der Waals surface area (Å²) in [5.41, 5.74) is 6.19. The second kappa shape index (κ2) is 9.02. The minimum atomic E-state index is -0.599. The molecule has 2 bridgehead atoms. The Morgan fingerprint density at radius 3 is 2.68 bits per heavy atom. The fraction of sp³-hybridized carbons (Fsp3) is 0.667. The quantitative estimate of drug-likeness (QED) is 0.378. The van der Waals surface area contributed by atoms with Gasteiger partial charge in [-0.1, -0.05) is 32.5 Å². The van der Waals surface area contributed by atoms with Crippen LogP contribution in [0.3, 0.4) is 0 Å². The molecule has 1 aromatic rings. The van der Waals surface area contributed by atoms with E-state index in [1.807, 2.05) is 4.90 Å². The molecule has 9 nitrogen and oxygen atoms in total. The number of nitrogens with two attached hydrogens (primary N) is 1. The van der Waals surface area contributed by atoms with Gasteiger partial charge in [0.05, 0.1) is 12.4 Å². The lowest BCUT2D eigenvalue weighted by atomic mass is 9.65. The van der Waals surface area contributed by atoms with E-state index in [0.29, 0.717) is 6.54 Å². The van der Waals surface area contributed by atoms with E-state index in [1.54, 1.807) is 6.92 Å². The molecule has 10 heteroatoms. The van der Waals surface area contributed by atoms with Gasteiger partial charge in [-0.25, -0.2) is 14.8 Å². The van der Waals surface area contributed by atoms with Gasteiger partial charge in [0.25, 0.3) is 5.91 Å². The van der Waals surface area contributed by atoms with Crippen molar-refractivity contribution in [3.05, 3.63) is 11.8 Å². The lowest BCUT2D eigenvalue weighted by molar-refractivity contribution is -0.150. The Bertz CT molecular complexity index is 877. The summed E-state index contributed by atoms with van der Waals surface area (Å²) < 4.78 is 10.1. The van der Waals surface area contributed by atoms with Crippen molar-refractivity contribution >= 4 is 35.4 Å². The number of nitrogens with zero attached hydrogens (tertiary/aromatic N) is 3. The zero-order chi connectivity index (χ0) is 22.8. The molecule has 1 saturated heterocycles. The summed E-state index contributed by atoms with van der Waals surface area (Å²) in [7, 11) is 0. The highest BCUT2D eigenvalue weighted by Gasteiger charge is 2.50. The van der Waals surface area contributed by atoms with Crippen molar-refractivity contribution in [2.45, 2.75) is 58.2 Å². The molecule has 2 atom stereocenters. The molecule has 1 aliphatic carbocycles. The van der Waals surface area contributed by atoms with Crippen LogP contribution < -0.4 is 5.73 Å². The Labute approximate surface area is 186 Å². The van der Waals surface area contributed by atoms with E-state index in [-0.39, 0.29) is 58.3 Å². The summed E-state index contributed by atoms with van der Waals surface area (Å²) in [4.78, 5) is 46.4. The van der Waals surface area contributed by atoms with Crippen molar-refractivity contribution < 1.29 is 23.9 Å². The van der Waals surface area contributed by atoms with E-state index in [1.165, 1.54) is 6.20 Å². The molecule has 3 rings (SSSR count). The topological polar surface area (TPSA) is 125 Å². The summed E-state index contributed by atoms with van der Waals surface area (Å²) in [5.74, 6) is -1.37. The van der Waals surface area contributed by atoms with E-state index in [9.17, 15) is 14.4 Å². The Morgan fingerprint density at radius 1 is 1.26 bits per heavy atom. The highest BCUT2D eigenvalue weighted by atomic mass is 32.2. The first-order valence-corrected chi connectivity index (χ1v) is 11.4. The second-order valence-electron chi connectivity index (χ2n) is 9.36. The number of thioether (sulfide) groups is 1. The number of hydrogen-bond donors (Lipinski definition) is 1. The van der Waals surface area contributed by atoms with Crippen LogP contribution in [0.4, 0.5) is 5.82 Å². The van der Waals surface area contributed by atoms with Crippen LogP contribution >= 0.6 is 11.8 Å². The van der Waals surface area contributed by atoms with Crippen molar-refractivity contribution in [1.82, 2.24) is 14.9 Å². The minimum absolute atomic E-state index is 0.0175. The number of fused-ring (bicyclic) bond motifs is 2. The van der Waals surface area contributed by atoms with Crippen molar-refractivity contribution in [2.24, 2.45) is 10.8 Å². The molecule has 0 aromatic carbocycles. The largest absolute Gasteiger partial charge is 0.462 e. The molecule has 2 unspecified atom stereocenters. The molecule has 1 aliphatic heterocycles. The Morgan fingerprint density at radius 2 is 2.00 bits per heavy atom. The molecule has 31 heavy (non-hydrogen) atoms. The average Bonchev–Trinajstić information content (AvgIpc) is 2.93. The number of nitrogen functional groups attached to an aromatic ring is 1. The van der Waals surface area contributed by atoms with E-state index in [0.717, 1.165) is 31.0 Å². The summed E-state index contributed by atoms with van der Waals surface area (Å²) in [6.45, 7) is 9.08. The lowest BCUT2D eigenvalue weighted by Gasteiger charge is -2.39. The standard InChI is InChI=1S/C21H30N4O5S/c1-5-29-18(28)14-8-23-19(24-17(14)22)31-10-16(27)30-9-15(26)25-12-21(4)7-13(25)6-20(2,3)11-21/h8,13H,5-7,9-12H2,1-4H3,(H2,22,23,24). The van der Waals surface area contributed by atoms with Crippen LogP contribution in [0.2, 0.25) is 0 Å². The van der Waals surface area contributed by atoms with Gasteiger partial charge in [0, 0.05) is 18.8 Å². The highest BCUT2D eigenvalue weighted by molar-refractivity contribution is 7.99. The number of esters is 2. The summed E-state index contributed by atoms with van der Waals surface area (Å²) in [6.07, 6.45) is 4.34. The third-order valence-corrected chi connectivity index (χ3v) is 6.54. The molecule has 0 spiro atoms. The van der Waals surface area contributed by atoms with Gasteiger partial charge in [0.2, 0.25) is 0 Å². The van der Waals surface area contributed by atoms with Crippen LogP contribution in [0.1, 0.15) is 57.3 Å². The normalized spacial score (nSPS) is 24.0. The Balaban J connectivity index is 1.47. The van der Waals surface area contributed by atoms with Crippen molar-refractivity contribution in [3.63, 3.8) is 0 Å². The number of ether oxygens (including phenoxy) is 2. The van der Waals surface area contributed by atoms with E-state index in [2.05, 4.69) is 30.7 Å². The SMILES string of the molecule is CCOC(=O)c1cnc(SCC(=O)OCC(=O)N2CC3(C)CC2CC(C)(C)C3)nc1N. The minimum Gasteiger partial charge on any atom is -0.462 e. The molecule has 2 heterocycles. The van der Waals surface area contributed by atoms with Crippen LogP contribution in [0.15, 0.2) is 11.4 Å². The van der Waals surface area contributed by atoms with Gasteiger partial charge in [-0.15, -0.1) is 0 Å². The molecule has 1 saturated carbocycles. The molecular formula is C21H30N4O5S. The zero-order valence-electron chi connectivity index (χ0n) is 18.5. The smallest absolute Gasteiger partial charge is 0.343 e. The number of rotatable bonds is 7.